The van der Waals surface area contributed by atoms with Crippen LogP contribution in [0.5, 0.6) is 0 Å². The molecule has 23 heavy (non-hydrogen) atoms. The van der Waals surface area contributed by atoms with E-state index in [0.29, 0.717) is 11.1 Å². The number of aryl methyl sites for hydroxylation is 1. The van der Waals surface area contributed by atoms with E-state index in [9.17, 15) is 9.18 Å². The van der Waals surface area contributed by atoms with Crippen LogP contribution in [0.1, 0.15) is 33.9 Å². The summed E-state index contributed by atoms with van der Waals surface area (Å²) in [5.74, 6) is -0.576. The minimum atomic E-state index is -0.364. The third-order valence-electron chi connectivity index (χ3n) is 3.99. The Labute approximate surface area is 138 Å². The van der Waals surface area contributed by atoms with Crippen LogP contribution >= 0.6 is 11.3 Å². The van der Waals surface area contributed by atoms with Crippen LogP contribution in [0, 0.1) is 12.7 Å². The van der Waals surface area contributed by atoms with Gasteiger partial charge in [0.25, 0.3) is 5.91 Å². The summed E-state index contributed by atoms with van der Waals surface area (Å²) in [4.78, 5) is 18.8. The molecule has 0 aliphatic carbocycles. The van der Waals surface area contributed by atoms with Gasteiger partial charge in [-0.05, 0) is 43.7 Å². The van der Waals surface area contributed by atoms with Gasteiger partial charge in [0.2, 0.25) is 0 Å². The van der Waals surface area contributed by atoms with Crippen LogP contribution in [-0.4, -0.2) is 22.8 Å². The Bertz CT molecular complexity index is 841. The van der Waals surface area contributed by atoms with Crippen LogP contribution in [-0.2, 0) is 0 Å². The molecule has 0 spiro atoms. The molecule has 3 nitrogen and oxygen atoms in total. The Hall–Kier alpha value is -2.27. The second kappa shape index (κ2) is 6.08. The average Bonchev–Trinajstić information content (AvgIpc) is 2.99. The van der Waals surface area contributed by atoms with E-state index in [1.165, 1.54) is 6.07 Å². The van der Waals surface area contributed by atoms with E-state index in [0.717, 1.165) is 15.2 Å². The van der Waals surface area contributed by atoms with Gasteiger partial charge in [0, 0.05) is 12.6 Å². The highest BCUT2D eigenvalue weighted by atomic mass is 32.1. The van der Waals surface area contributed by atoms with Crippen molar-refractivity contribution in [2.24, 2.45) is 0 Å². The lowest BCUT2D eigenvalue weighted by Crippen LogP contribution is -2.29. The number of halogens is 1. The third kappa shape index (κ3) is 2.97. The van der Waals surface area contributed by atoms with Crippen molar-refractivity contribution in [3.8, 4) is 0 Å². The molecular weight excluding hydrogens is 311 g/mol. The van der Waals surface area contributed by atoms with Crippen LogP contribution in [0.25, 0.3) is 10.2 Å². The van der Waals surface area contributed by atoms with Gasteiger partial charge in [-0.2, -0.15) is 0 Å². The number of thiazole rings is 1. The zero-order valence-corrected chi connectivity index (χ0v) is 14.0. The predicted octanol–water partition coefficient (Wildman–Crippen LogP) is 4.58. The van der Waals surface area contributed by atoms with Crippen molar-refractivity contribution in [2.45, 2.75) is 19.9 Å². The first-order chi connectivity index (χ1) is 11.0. The van der Waals surface area contributed by atoms with Gasteiger partial charge in [-0.1, -0.05) is 18.2 Å². The summed E-state index contributed by atoms with van der Waals surface area (Å²) in [6.07, 6.45) is 0. The average molecular weight is 328 g/mol. The van der Waals surface area contributed by atoms with Crippen LogP contribution in [0.2, 0.25) is 0 Å². The maximum atomic E-state index is 13.7. The standard InChI is InChI=1S/C18H17FN2OS/c1-11-8-9-13(10-14(11)19)18(22)21(3)12(2)17-20-15-6-4-5-7-16(15)23-17/h4-10,12H,1-3H3/t12-/m1/s1. The molecule has 0 saturated heterocycles. The topological polar surface area (TPSA) is 33.2 Å². The van der Waals surface area contributed by atoms with Crippen molar-refractivity contribution in [1.29, 1.82) is 0 Å². The number of hydrogen-bond acceptors (Lipinski definition) is 3. The third-order valence-corrected chi connectivity index (χ3v) is 5.19. The molecule has 0 radical (unpaired) electrons. The van der Waals surface area contributed by atoms with Gasteiger partial charge in [-0.25, -0.2) is 9.37 Å². The Morgan fingerprint density at radius 3 is 2.70 bits per heavy atom. The highest BCUT2D eigenvalue weighted by Gasteiger charge is 2.22. The molecule has 3 rings (SSSR count). The fourth-order valence-corrected chi connectivity index (χ4v) is 3.40. The first-order valence-corrected chi connectivity index (χ1v) is 8.18. The molecule has 118 valence electrons. The molecule has 0 aliphatic rings. The molecule has 0 saturated carbocycles. The number of aromatic nitrogens is 1. The Kier molecular flexibility index (Phi) is 4.13. The van der Waals surface area contributed by atoms with E-state index in [4.69, 9.17) is 0 Å². The van der Waals surface area contributed by atoms with Crippen molar-refractivity contribution < 1.29 is 9.18 Å². The summed E-state index contributed by atoms with van der Waals surface area (Å²) in [7, 11) is 1.72. The minimum Gasteiger partial charge on any atom is -0.333 e. The van der Waals surface area contributed by atoms with Crippen molar-refractivity contribution in [1.82, 2.24) is 9.88 Å². The molecule has 0 unspecified atom stereocenters. The summed E-state index contributed by atoms with van der Waals surface area (Å²) in [5, 5.41) is 0.870. The van der Waals surface area contributed by atoms with E-state index in [1.54, 1.807) is 42.3 Å². The smallest absolute Gasteiger partial charge is 0.254 e. The largest absolute Gasteiger partial charge is 0.333 e. The van der Waals surface area contributed by atoms with Crippen LogP contribution in [0.15, 0.2) is 42.5 Å². The number of carbonyl (C=O) groups excluding carboxylic acids is 1. The first kappa shape index (κ1) is 15.6. The highest BCUT2D eigenvalue weighted by molar-refractivity contribution is 7.18. The summed E-state index contributed by atoms with van der Waals surface area (Å²) >= 11 is 1.57. The molecule has 1 heterocycles. The van der Waals surface area contributed by atoms with E-state index in [-0.39, 0.29) is 17.8 Å². The summed E-state index contributed by atoms with van der Waals surface area (Å²) < 4.78 is 14.8. The molecule has 0 fully saturated rings. The lowest BCUT2D eigenvalue weighted by atomic mass is 10.1. The lowest BCUT2D eigenvalue weighted by Gasteiger charge is -2.23. The molecule has 0 N–H and O–H groups in total. The van der Waals surface area contributed by atoms with Gasteiger partial charge in [0.1, 0.15) is 10.8 Å². The van der Waals surface area contributed by atoms with Gasteiger partial charge in [0.15, 0.2) is 0 Å². The number of hydrogen-bond donors (Lipinski definition) is 0. The normalized spacial score (nSPS) is 12.3. The zero-order valence-electron chi connectivity index (χ0n) is 13.2. The van der Waals surface area contributed by atoms with Crippen molar-refractivity contribution in [3.63, 3.8) is 0 Å². The number of para-hydroxylation sites is 1. The second-order valence-electron chi connectivity index (χ2n) is 5.58. The van der Waals surface area contributed by atoms with Gasteiger partial charge >= 0.3 is 0 Å². The van der Waals surface area contributed by atoms with Crippen LogP contribution < -0.4 is 0 Å². The summed E-state index contributed by atoms with van der Waals surface area (Å²) in [5.41, 5.74) is 1.81. The van der Waals surface area contributed by atoms with Gasteiger partial charge < -0.3 is 4.90 Å². The molecule has 0 bridgehead atoms. The molecule has 3 aromatic rings. The molecule has 0 aliphatic heterocycles. The molecule has 1 atom stereocenters. The number of fused-ring (bicyclic) bond motifs is 1. The maximum absolute atomic E-state index is 13.7. The van der Waals surface area contributed by atoms with Crippen molar-refractivity contribution in [2.75, 3.05) is 7.05 Å². The fourth-order valence-electron chi connectivity index (χ4n) is 2.34. The summed E-state index contributed by atoms with van der Waals surface area (Å²) in [6, 6.07) is 12.3. The quantitative estimate of drug-likeness (QED) is 0.705. The van der Waals surface area contributed by atoms with E-state index in [2.05, 4.69) is 4.98 Å². The minimum absolute atomic E-state index is 0.177. The number of rotatable bonds is 3. The van der Waals surface area contributed by atoms with E-state index in [1.807, 2.05) is 31.2 Å². The number of nitrogens with zero attached hydrogens (tertiary/aromatic N) is 2. The predicted molar refractivity (Wildman–Crippen MR) is 91.3 cm³/mol. The second-order valence-corrected chi connectivity index (χ2v) is 6.64. The SMILES string of the molecule is Cc1ccc(C(=O)N(C)[C@H](C)c2nc3ccccc3s2)cc1F. The first-order valence-electron chi connectivity index (χ1n) is 7.36. The number of carbonyl (C=O) groups is 1. The Morgan fingerprint density at radius 1 is 1.26 bits per heavy atom. The zero-order chi connectivity index (χ0) is 16.6. The van der Waals surface area contributed by atoms with Gasteiger partial charge in [-0.3, -0.25) is 4.79 Å². The molecule has 2 aromatic carbocycles. The monoisotopic (exact) mass is 328 g/mol. The number of amides is 1. The van der Waals surface area contributed by atoms with Gasteiger partial charge in [-0.15, -0.1) is 11.3 Å². The number of benzene rings is 2. The Morgan fingerprint density at radius 2 is 2.00 bits per heavy atom. The molecular formula is C18H17FN2OS. The van der Waals surface area contributed by atoms with Crippen LogP contribution in [0.4, 0.5) is 4.39 Å². The van der Waals surface area contributed by atoms with E-state index >= 15 is 0 Å². The Balaban J connectivity index is 1.87. The molecule has 1 aromatic heterocycles. The summed E-state index contributed by atoms with van der Waals surface area (Å²) in [6.45, 7) is 3.61. The van der Waals surface area contributed by atoms with Gasteiger partial charge in [0.05, 0.1) is 16.3 Å². The fraction of sp³-hybridized carbons (Fsp3) is 0.222. The highest BCUT2D eigenvalue weighted by Crippen LogP contribution is 2.29. The van der Waals surface area contributed by atoms with Crippen molar-refractivity contribution >= 4 is 27.5 Å². The van der Waals surface area contributed by atoms with E-state index < -0.39 is 0 Å². The van der Waals surface area contributed by atoms with Crippen LogP contribution in [0.3, 0.4) is 0 Å². The maximum Gasteiger partial charge on any atom is 0.254 e. The molecule has 1 amide bonds. The molecule has 5 heteroatoms. The lowest BCUT2D eigenvalue weighted by molar-refractivity contribution is 0.0742. The van der Waals surface area contributed by atoms with Crippen molar-refractivity contribution in [3.05, 3.63) is 64.4 Å².